The fraction of sp³-hybridized carbons (Fsp3) is 0.500. The maximum atomic E-state index is 13.3. The highest BCUT2D eigenvalue weighted by atomic mass is 19.1. The Kier molecular flexibility index (Phi) is 3.12. The van der Waals surface area contributed by atoms with Crippen LogP contribution in [0.5, 0.6) is 5.75 Å². The van der Waals surface area contributed by atoms with E-state index in [2.05, 4.69) is 0 Å². The maximum absolute atomic E-state index is 13.3. The lowest BCUT2D eigenvalue weighted by Gasteiger charge is -2.27. The van der Waals surface area contributed by atoms with Gasteiger partial charge in [0.25, 0.3) is 0 Å². The number of ether oxygens (including phenoxy) is 1. The van der Waals surface area contributed by atoms with Gasteiger partial charge in [-0.3, -0.25) is 0 Å². The van der Waals surface area contributed by atoms with Crippen LogP contribution in [0.4, 0.5) is 4.39 Å². The van der Waals surface area contributed by atoms with Crippen molar-refractivity contribution in [1.29, 1.82) is 0 Å². The summed E-state index contributed by atoms with van der Waals surface area (Å²) in [5.74, 6) is 0.0780. The molecule has 1 aliphatic rings. The zero-order valence-corrected chi connectivity index (χ0v) is 9.03. The smallest absolute Gasteiger partial charge is 0.165 e. The fourth-order valence-corrected chi connectivity index (χ4v) is 1.72. The van der Waals surface area contributed by atoms with Crippen molar-refractivity contribution in [3.63, 3.8) is 0 Å². The minimum atomic E-state index is -0.734. The van der Waals surface area contributed by atoms with Crippen molar-refractivity contribution in [3.05, 3.63) is 30.1 Å². The average molecular weight is 225 g/mol. The van der Waals surface area contributed by atoms with Crippen molar-refractivity contribution < 1.29 is 14.2 Å². The van der Waals surface area contributed by atoms with Gasteiger partial charge in [-0.2, -0.15) is 0 Å². The quantitative estimate of drug-likeness (QED) is 0.794. The summed E-state index contributed by atoms with van der Waals surface area (Å²) >= 11 is 0. The van der Waals surface area contributed by atoms with Gasteiger partial charge < -0.3 is 15.6 Å². The molecule has 0 aromatic heterocycles. The molecule has 1 fully saturated rings. The molecule has 1 aliphatic carbocycles. The molecular formula is C12H16FNO2. The Morgan fingerprint density at radius 1 is 1.44 bits per heavy atom. The van der Waals surface area contributed by atoms with Crippen LogP contribution in [0.25, 0.3) is 0 Å². The van der Waals surface area contributed by atoms with Gasteiger partial charge in [0, 0.05) is 0 Å². The molecule has 0 amide bonds. The summed E-state index contributed by atoms with van der Waals surface area (Å²) < 4.78 is 18.6. The van der Waals surface area contributed by atoms with Crippen LogP contribution in [0.2, 0.25) is 0 Å². The number of hydrogen-bond acceptors (Lipinski definition) is 3. The number of aliphatic hydroxyl groups is 1. The van der Waals surface area contributed by atoms with Crippen molar-refractivity contribution in [1.82, 2.24) is 0 Å². The van der Waals surface area contributed by atoms with Crippen LogP contribution in [0.15, 0.2) is 24.3 Å². The molecule has 1 saturated carbocycles. The molecule has 3 nitrogen and oxygen atoms in total. The van der Waals surface area contributed by atoms with Crippen LogP contribution in [-0.4, -0.2) is 23.9 Å². The van der Waals surface area contributed by atoms with Crippen LogP contribution >= 0.6 is 0 Å². The molecule has 0 aliphatic heterocycles. The number of rotatable bonds is 5. The third kappa shape index (κ3) is 2.33. The molecule has 16 heavy (non-hydrogen) atoms. The van der Waals surface area contributed by atoms with Gasteiger partial charge in [-0.15, -0.1) is 0 Å². The predicted molar refractivity (Wildman–Crippen MR) is 58.6 cm³/mol. The minimum Gasteiger partial charge on any atom is -0.488 e. The van der Waals surface area contributed by atoms with E-state index < -0.39 is 11.4 Å². The standard InChI is InChI=1S/C12H16FNO2/c13-10-3-1-2-4-11(10)16-8-12(14,7-15)9-5-6-9/h1-4,9,15H,5-8,14H2. The van der Waals surface area contributed by atoms with Gasteiger partial charge in [0.05, 0.1) is 12.1 Å². The molecule has 1 atom stereocenters. The van der Waals surface area contributed by atoms with Crippen molar-refractivity contribution in [3.8, 4) is 5.75 Å². The monoisotopic (exact) mass is 225 g/mol. The second kappa shape index (κ2) is 4.39. The van der Waals surface area contributed by atoms with Gasteiger partial charge in [0.1, 0.15) is 6.61 Å². The molecule has 0 radical (unpaired) electrons. The van der Waals surface area contributed by atoms with Gasteiger partial charge in [0.15, 0.2) is 11.6 Å². The van der Waals surface area contributed by atoms with Gasteiger partial charge in [-0.1, -0.05) is 12.1 Å². The second-order valence-electron chi connectivity index (χ2n) is 4.38. The SMILES string of the molecule is NC(CO)(COc1ccccc1F)C1CC1. The van der Waals surface area contributed by atoms with E-state index in [1.165, 1.54) is 6.07 Å². The topological polar surface area (TPSA) is 55.5 Å². The summed E-state index contributed by atoms with van der Waals surface area (Å²) in [6, 6.07) is 6.20. The van der Waals surface area contributed by atoms with E-state index in [1.807, 2.05) is 0 Å². The van der Waals surface area contributed by atoms with E-state index in [0.717, 1.165) is 12.8 Å². The Morgan fingerprint density at radius 2 is 2.12 bits per heavy atom. The number of aliphatic hydroxyl groups excluding tert-OH is 1. The van der Waals surface area contributed by atoms with E-state index in [9.17, 15) is 9.50 Å². The molecule has 1 aromatic rings. The molecule has 88 valence electrons. The summed E-state index contributed by atoms with van der Waals surface area (Å²) in [6.07, 6.45) is 2.02. The van der Waals surface area contributed by atoms with Crippen LogP contribution in [0.3, 0.4) is 0 Å². The Morgan fingerprint density at radius 3 is 2.69 bits per heavy atom. The average Bonchev–Trinajstić information content (AvgIpc) is 3.12. The van der Waals surface area contributed by atoms with Crippen molar-refractivity contribution in [2.75, 3.05) is 13.2 Å². The molecule has 0 spiro atoms. The summed E-state index contributed by atoms with van der Waals surface area (Å²) in [7, 11) is 0. The van der Waals surface area contributed by atoms with Crippen LogP contribution in [-0.2, 0) is 0 Å². The summed E-state index contributed by atoms with van der Waals surface area (Å²) in [6.45, 7) is 0.0151. The summed E-state index contributed by atoms with van der Waals surface area (Å²) in [5, 5.41) is 9.24. The molecule has 1 unspecified atom stereocenters. The van der Waals surface area contributed by atoms with Gasteiger partial charge in [-0.25, -0.2) is 4.39 Å². The first-order valence-electron chi connectivity index (χ1n) is 5.43. The van der Waals surface area contributed by atoms with E-state index in [1.54, 1.807) is 18.2 Å². The summed E-state index contributed by atoms with van der Waals surface area (Å²) in [5.41, 5.74) is 5.27. The Balaban J connectivity index is 1.98. The molecule has 0 bridgehead atoms. The third-order valence-electron chi connectivity index (χ3n) is 3.02. The zero-order chi connectivity index (χ0) is 11.6. The Labute approximate surface area is 94.0 Å². The first-order valence-corrected chi connectivity index (χ1v) is 5.43. The normalized spacial score (nSPS) is 19.2. The number of halogens is 1. The highest BCUT2D eigenvalue weighted by Crippen LogP contribution is 2.38. The van der Waals surface area contributed by atoms with Crippen molar-refractivity contribution >= 4 is 0 Å². The highest BCUT2D eigenvalue weighted by molar-refractivity contribution is 5.24. The summed E-state index contributed by atoms with van der Waals surface area (Å²) in [4.78, 5) is 0. The number of hydrogen-bond donors (Lipinski definition) is 2. The van der Waals surface area contributed by atoms with E-state index >= 15 is 0 Å². The van der Waals surface area contributed by atoms with E-state index in [-0.39, 0.29) is 19.0 Å². The highest BCUT2D eigenvalue weighted by Gasteiger charge is 2.42. The van der Waals surface area contributed by atoms with Gasteiger partial charge in [0.2, 0.25) is 0 Å². The molecule has 0 heterocycles. The van der Waals surface area contributed by atoms with Crippen LogP contribution < -0.4 is 10.5 Å². The zero-order valence-electron chi connectivity index (χ0n) is 9.03. The van der Waals surface area contributed by atoms with E-state index in [0.29, 0.717) is 5.92 Å². The first kappa shape index (κ1) is 11.4. The largest absolute Gasteiger partial charge is 0.488 e. The molecule has 1 aromatic carbocycles. The molecule has 0 saturated heterocycles. The lowest BCUT2D eigenvalue weighted by Crippen LogP contribution is -2.51. The lowest BCUT2D eigenvalue weighted by molar-refractivity contribution is 0.114. The lowest BCUT2D eigenvalue weighted by atomic mass is 9.97. The number of nitrogens with two attached hydrogens (primary N) is 1. The first-order chi connectivity index (χ1) is 7.65. The number of benzene rings is 1. The molecule has 2 rings (SSSR count). The van der Waals surface area contributed by atoms with Crippen molar-refractivity contribution in [2.24, 2.45) is 11.7 Å². The van der Waals surface area contributed by atoms with E-state index in [4.69, 9.17) is 10.5 Å². The second-order valence-corrected chi connectivity index (χ2v) is 4.38. The Bertz CT molecular complexity index is 368. The molecule has 3 N–H and O–H groups in total. The molecule has 4 heteroatoms. The number of para-hydroxylation sites is 1. The third-order valence-corrected chi connectivity index (χ3v) is 3.02. The Hall–Kier alpha value is -1.13. The van der Waals surface area contributed by atoms with Gasteiger partial charge in [-0.05, 0) is 30.9 Å². The van der Waals surface area contributed by atoms with Gasteiger partial charge >= 0.3 is 0 Å². The minimum absolute atomic E-state index is 0.133. The van der Waals surface area contributed by atoms with Crippen molar-refractivity contribution in [2.45, 2.75) is 18.4 Å². The maximum Gasteiger partial charge on any atom is 0.165 e. The van der Waals surface area contributed by atoms with Crippen LogP contribution in [0, 0.1) is 11.7 Å². The van der Waals surface area contributed by atoms with Crippen LogP contribution in [0.1, 0.15) is 12.8 Å². The fourth-order valence-electron chi connectivity index (χ4n) is 1.72. The predicted octanol–water partition coefficient (Wildman–Crippen LogP) is 1.30. The molecular weight excluding hydrogens is 209 g/mol.